The van der Waals surface area contributed by atoms with Gasteiger partial charge in [-0.2, -0.15) is 0 Å². The lowest BCUT2D eigenvalue weighted by atomic mass is 10.0. The lowest BCUT2D eigenvalue weighted by Crippen LogP contribution is -2.14. The van der Waals surface area contributed by atoms with Crippen LogP contribution in [0.2, 0.25) is 0 Å². The summed E-state index contributed by atoms with van der Waals surface area (Å²) in [6, 6.07) is 0. The Hall–Kier alpha value is -1.77. The van der Waals surface area contributed by atoms with Gasteiger partial charge in [0.25, 0.3) is 5.56 Å². The average Bonchev–Trinajstić information content (AvgIpc) is 3.62. The molecule has 8 heteroatoms. The Balaban J connectivity index is 0.000000290. The molecule has 0 unspecified atom stereocenters. The molecule has 0 saturated carbocycles. The maximum atomic E-state index is 11.5. The van der Waals surface area contributed by atoms with Crippen LogP contribution in [0.15, 0.2) is 17.4 Å². The third-order valence-corrected chi connectivity index (χ3v) is 7.98. The first kappa shape index (κ1) is 34.4. The van der Waals surface area contributed by atoms with Gasteiger partial charge in [0.2, 0.25) is 0 Å². The van der Waals surface area contributed by atoms with Crippen LogP contribution in [0, 0.1) is 0 Å². The molecule has 0 aromatic carbocycles. The van der Waals surface area contributed by atoms with Crippen molar-refractivity contribution in [1.29, 1.82) is 0 Å². The molecular weight excluding hydrogens is 504 g/mol. The van der Waals surface area contributed by atoms with Gasteiger partial charge < -0.3 is 19.9 Å². The van der Waals surface area contributed by atoms with E-state index in [2.05, 4.69) is 21.9 Å². The zero-order valence-corrected chi connectivity index (χ0v) is 25.3. The van der Waals surface area contributed by atoms with Crippen molar-refractivity contribution in [1.82, 2.24) is 19.5 Å². The van der Waals surface area contributed by atoms with Crippen molar-refractivity contribution in [2.75, 3.05) is 13.2 Å². The van der Waals surface area contributed by atoms with Crippen LogP contribution in [0.3, 0.4) is 0 Å². The summed E-state index contributed by atoms with van der Waals surface area (Å²) < 4.78 is 7.36. The van der Waals surface area contributed by atoms with E-state index in [9.17, 15) is 4.79 Å². The number of rotatable bonds is 22. The van der Waals surface area contributed by atoms with Gasteiger partial charge in [0.05, 0.1) is 25.4 Å². The molecule has 1 fully saturated rings. The number of nitrogens with zero attached hydrogens (tertiary/aromatic N) is 3. The molecule has 2 atom stereocenters. The number of H-pyrrole nitrogens is 1. The number of aliphatic hydroxyl groups excluding tert-OH is 2. The summed E-state index contributed by atoms with van der Waals surface area (Å²) in [4.78, 5) is 22.1. The van der Waals surface area contributed by atoms with E-state index in [-0.39, 0.29) is 24.5 Å². The van der Waals surface area contributed by atoms with Crippen LogP contribution in [0.4, 0.5) is 0 Å². The summed E-state index contributed by atoms with van der Waals surface area (Å²) in [5.41, 5.74) is 0.561. The lowest BCUT2D eigenvalue weighted by molar-refractivity contribution is -0.0207. The van der Waals surface area contributed by atoms with Crippen molar-refractivity contribution < 1.29 is 14.9 Å². The first-order valence-electron chi connectivity index (χ1n) is 16.5. The molecule has 0 aliphatic carbocycles. The maximum absolute atomic E-state index is 11.5. The number of aromatic amines is 1. The second-order valence-electron chi connectivity index (χ2n) is 11.5. The SMILES string of the molecule is CCCCCCCCCCCCCCCCCCCCCCO.O=c1[nH]cnc2c1ncn2[C@H]1CC[C@@H](CO)O1. The highest BCUT2D eigenvalue weighted by Crippen LogP contribution is 2.29. The largest absolute Gasteiger partial charge is 0.396 e. The second kappa shape index (κ2) is 22.9. The Kier molecular flexibility index (Phi) is 19.7. The third kappa shape index (κ3) is 14.2. The van der Waals surface area contributed by atoms with Crippen LogP contribution in [0.5, 0.6) is 0 Å². The summed E-state index contributed by atoms with van der Waals surface area (Å²) >= 11 is 0. The van der Waals surface area contributed by atoms with E-state index >= 15 is 0 Å². The van der Waals surface area contributed by atoms with Gasteiger partial charge in [0.1, 0.15) is 6.23 Å². The molecule has 2 aromatic heterocycles. The molecule has 0 spiro atoms. The molecule has 3 rings (SSSR count). The Bertz CT molecular complexity index is 896. The molecule has 2 aromatic rings. The van der Waals surface area contributed by atoms with Crippen molar-refractivity contribution in [3.63, 3.8) is 0 Å². The van der Waals surface area contributed by atoms with Crippen LogP contribution in [-0.2, 0) is 4.74 Å². The minimum Gasteiger partial charge on any atom is -0.396 e. The maximum Gasteiger partial charge on any atom is 0.278 e. The number of aliphatic hydroxyl groups is 2. The predicted molar refractivity (Wildman–Crippen MR) is 163 cm³/mol. The van der Waals surface area contributed by atoms with Gasteiger partial charge in [-0.3, -0.25) is 9.36 Å². The fourth-order valence-electron chi connectivity index (χ4n) is 5.47. The smallest absolute Gasteiger partial charge is 0.278 e. The molecule has 3 heterocycles. The van der Waals surface area contributed by atoms with E-state index in [0.29, 0.717) is 17.8 Å². The minimum absolute atomic E-state index is 0.0111. The topological polar surface area (TPSA) is 113 Å². The van der Waals surface area contributed by atoms with E-state index in [4.69, 9.17) is 14.9 Å². The lowest BCUT2D eigenvalue weighted by Gasteiger charge is -2.13. The van der Waals surface area contributed by atoms with E-state index in [1.165, 1.54) is 128 Å². The minimum atomic E-state index is -0.259. The number of fused-ring (bicyclic) bond motifs is 1. The number of unbranched alkanes of at least 4 members (excludes halogenated alkanes) is 19. The van der Waals surface area contributed by atoms with Crippen LogP contribution >= 0.6 is 0 Å². The summed E-state index contributed by atoms with van der Waals surface area (Å²) in [6.07, 6.45) is 32.3. The number of hydrogen-bond donors (Lipinski definition) is 3. The van der Waals surface area contributed by atoms with Gasteiger partial charge in [-0.25, -0.2) is 9.97 Å². The van der Waals surface area contributed by atoms with Crippen molar-refractivity contribution in [3.8, 4) is 0 Å². The van der Waals surface area contributed by atoms with Gasteiger partial charge in [-0.15, -0.1) is 0 Å². The molecule has 8 nitrogen and oxygen atoms in total. The predicted octanol–water partition coefficient (Wildman–Crippen LogP) is 7.59. The van der Waals surface area contributed by atoms with E-state index in [1.54, 1.807) is 10.9 Å². The zero-order valence-electron chi connectivity index (χ0n) is 25.3. The summed E-state index contributed by atoms with van der Waals surface area (Å²) in [5.74, 6) is 0. The fraction of sp³-hybridized carbons (Fsp3) is 0.844. The van der Waals surface area contributed by atoms with E-state index in [1.807, 2.05) is 0 Å². The first-order chi connectivity index (χ1) is 19.7. The number of nitrogens with one attached hydrogen (secondary N) is 1. The van der Waals surface area contributed by atoms with Gasteiger partial charge in [0.15, 0.2) is 11.2 Å². The van der Waals surface area contributed by atoms with Crippen LogP contribution in [0.25, 0.3) is 11.2 Å². The van der Waals surface area contributed by atoms with Crippen LogP contribution < -0.4 is 5.56 Å². The van der Waals surface area contributed by atoms with Crippen molar-refractivity contribution >= 4 is 11.2 Å². The Morgan fingerprint density at radius 3 is 1.73 bits per heavy atom. The molecule has 1 aliphatic heterocycles. The zero-order chi connectivity index (χ0) is 28.7. The van der Waals surface area contributed by atoms with E-state index < -0.39 is 0 Å². The van der Waals surface area contributed by atoms with E-state index in [0.717, 1.165) is 19.3 Å². The van der Waals surface area contributed by atoms with Crippen molar-refractivity contribution in [3.05, 3.63) is 23.0 Å². The normalized spacial score (nSPS) is 16.9. The molecule has 3 N–H and O–H groups in total. The van der Waals surface area contributed by atoms with Gasteiger partial charge in [-0.05, 0) is 19.3 Å². The fourth-order valence-corrected chi connectivity index (χ4v) is 5.47. The van der Waals surface area contributed by atoms with Crippen LogP contribution in [0.1, 0.15) is 154 Å². The quantitative estimate of drug-likeness (QED) is 0.127. The Morgan fingerprint density at radius 2 is 1.27 bits per heavy atom. The number of aromatic nitrogens is 4. The number of imidazole rings is 1. The highest BCUT2D eigenvalue weighted by atomic mass is 16.5. The van der Waals surface area contributed by atoms with Crippen LogP contribution in [-0.4, -0.2) is 49.0 Å². The van der Waals surface area contributed by atoms with Crippen molar-refractivity contribution in [2.45, 2.75) is 161 Å². The first-order valence-corrected chi connectivity index (χ1v) is 16.5. The monoisotopic (exact) mass is 562 g/mol. The average molecular weight is 563 g/mol. The van der Waals surface area contributed by atoms with Gasteiger partial charge in [0, 0.05) is 6.61 Å². The van der Waals surface area contributed by atoms with Gasteiger partial charge in [-0.1, -0.05) is 129 Å². The molecule has 230 valence electrons. The molecule has 0 bridgehead atoms. The molecular formula is C32H58N4O4. The molecule has 40 heavy (non-hydrogen) atoms. The highest BCUT2D eigenvalue weighted by molar-refractivity contribution is 5.68. The Morgan fingerprint density at radius 1 is 0.775 bits per heavy atom. The highest BCUT2D eigenvalue weighted by Gasteiger charge is 2.27. The molecule has 1 aliphatic rings. The summed E-state index contributed by atoms with van der Waals surface area (Å²) in [5, 5.41) is 17.7. The summed E-state index contributed by atoms with van der Waals surface area (Å²) in [6.45, 7) is 2.68. The number of ether oxygens (including phenoxy) is 1. The Labute approximate surface area is 242 Å². The summed E-state index contributed by atoms with van der Waals surface area (Å²) in [7, 11) is 0. The standard InChI is InChI=1S/C22H46O.C10H12N4O3/c1-2-3-4-5-6-7-8-9-10-11-12-13-14-15-16-17-18-19-20-21-22-23;15-3-6-1-2-7(17-6)14-5-13-8-9(14)11-4-12-10(8)16/h23H,2-22H2,1H3;4-7,15H,1-3H2,(H,11,12,16)/t;6-,7+/m.0/s1. The van der Waals surface area contributed by atoms with Crippen molar-refractivity contribution in [2.24, 2.45) is 0 Å². The second-order valence-corrected chi connectivity index (χ2v) is 11.5. The molecule has 1 saturated heterocycles. The molecule has 0 amide bonds. The number of hydrogen-bond acceptors (Lipinski definition) is 6. The third-order valence-electron chi connectivity index (χ3n) is 7.98. The van der Waals surface area contributed by atoms with Gasteiger partial charge >= 0.3 is 0 Å². The molecule has 0 radical (unpaired) electrons.